The minimum Gasteiger partial charge on any atom is -0.469 e. The first kappa shape index (κ1) is 19.2. The average molecular weight is 359 g/mol. The molecule has 3 amide bonds. The Morgan fingerprint density at radius 1 is 1.08 bits per heavy atom. The number of anilines is 2. The lowest BCUT2D eigenvalue weighted by Gasteiger charge is -2.22. The van der Waals surface area contributed by atoms with E-state index in [2.05, 4.69) is 16.0 Å². The molecule has 1 unspecified atom stereocenters. The van der Waals surface area contributed by atoms with Crippen molar-refractivity contribution >= 4 is 29.1 Å². The Bertz CT molecular complexity index is 784. The first-order valence-electron chi connectivity index (χ1n) is 7.97. The van der Waals surface area contributed by atoms with Crippen molar-refractivity contribution in [1.82, 2.24) is 5.32 Å². The van der Waals surface area contributed by atoms with Crippen molar-refractivity contribution in [2.75, 3.05) is 17.2 Å². The number of carbonyl (C=O) groups is 3. The van der Waals surface area contributed by atoms with E-state index < -0.39 is 17.4 Å². The fourth-order valence-corrected chi connectivity index (χ4v) is 2.27. The molecule has 1 heterocycles. The molecule has 26 heavy (non-hydrogen) atoms. The van der Waals surface area contributed by atoms with Crippen molar-refractivity contribution in [2.24, 2.45) is 0 Å². The molecule has 0 radical (unpaired) electrons. The summed E-state index contributed by atoms with van der Waals surface area (Å²) in [5, 5.41) is 17.7. The summed E-state index contributed by atoms with van der Waals surface area (Å²) in [6.07, 6.45) is 1.69. The molecule has 0 saturated heterocycles. The lowest BCUT2D eigenvalue weighted by molar-refractivity contribution is -0.136. The third-order valence-electron chi connectivity index (χ3n) is 3.41. The third-order valence-corrected chi connectivity index (χ3v) is 3.41. The Kier molecular flexibility index (Phi) is 6.13. The van der Waals surface area contributed by atoms with E-state index in [1.54, 1.807) is 30.3 Å². The fourth-order valence-electron chi connectivity index (χ4n) is 2.27. The summed E-state index contributed by atoms with van der Waals surface area (Å²) < 4.78 is 5.16. The molecular weight excluding hydrogens is 338 g/mol. The Labute approximate surface area is 150 Å². The van der Waals surface area contributed by atoms with Gasteiger partial charge in [0.1, 0.15) is 5.76 Å². The molecule has 1 atom stereocenters. The lowest BCUT2D eigenvalue weighted by atomic mass is 10.0. The van der Waals surface area contributed by atoms with Crippen molar-refractivity contribution in [3.8, 4) is 0 Å². The molecule has 138 valence electrons. The molecule has 8 nitrogen and oxygen atoms in total. The Hall–Kier alpha value is -3.13. The minimum absolute atomic E-state index is 0.119. The van der Waals surface area contributed by atoms with Gasteiger partial charge in [-0.15, -0.1) is 0 Å². The van der Waals surface area contributed by atoms with E-state index in [9.17, 15) is 19.5 Å². The maximum atomic E-state index is 12.0. The zero-order valence-electron chi connectivity index (χ0n) is 14.5. The number of hydrogen-bond donors (Lipinski definition) is 4. The van der Waals surface area contributed by atoms with Gasteiger partial charge in [-0.05, 0) is 37.3 Å². The second-order valence-electron chi connectivity index (χ2n) is 6.15. The molecule has 8 heteroatoms. The SMILES string of the molecule is CC(=O)Nc1cccc(NC(=O)C(=O)NCC(C)(O)Cc2ccco2)c1. The van der Waals surface area contributed by atoms with E-state index in [4.69, 9.17) is 4.42 Å². The van der Waals surface area contributed by atoms with E-state index in [1.807, 2.05) is 0 Å². The summed E-state index contributed by atoms with van der Waals surface area (Å²) in [7, 11) is 0. The van der Waals surface area contributed by atoms with E-state index in [0.717, 1.165) is 0 Å². The Balaban J connectivity index is 1.87. The van der Waals surface area contributed by atoms with Crippen LogP contribution in [0.3, 0.4) is 0 Å². The van der Waals surface area contributed by atoms with Crippen molar-refractivity contribution in [3.05, 3.63) is 48.4 Å². The largest absolute Gasteiger partial charge is 0.469 e. The first-order valence-corrected chi connectivity index (χ1v) is 7.97. The summed E-state index contributed by atoms with van der Waals surface area (Å²) in [5.41, 5.74) is -0.408. The molecule has 0 saturated carbocycles. The van der Waals surface area contributed by atoms with Crippen LogP contribution in [0.4, 0.5) is 11.4 Å². The smallest absolute Gasteiger partial charge is 0.313 e. The monoisotopic (exact) mass is 359 g/mol. The summed E-state index contributed by atoms with van der Waals surface area (Å²) in [5.74, 6) is -1.43. The van der Waals surface area contributed by atoms with Gasteiger partial charge in [-0.1, -0.05) is 6.07 Å². The number of benzene rings is 1. The molecule has 1 aromatic carbocycles. The molecule has 0 bridgehead atoms. The lowest BCUT2D eigenvalue weighted by Crippen LogP contribution is -2.45. The van der Waals surface area contributed by atoms with Crippen LogP contribution < -0.4 is 16.0 Å². The third kappa shape index (κ3) is 6.06. The highest BCUT2D eigenvalue weighted by molar-refractivity contribution is 6.39. The molecule has 0 fully saturated rings. The maximum Gasteiger partial charge on any atom is 0.313 e. The normalized spacial score (nSPS) is 12.7. The molecule has 0 aliphatic rings. The number of furan rings is 1. The van der Waals surface area contributed by atoms with E-state index >= 15 is 0 Å². The average Bonchev–Trinajstić information content (AvgIpc) is 3.04. The van der Waals surface area contributed by atoms with E-state index in [-0.39, 0.29) is 18.9 Å². The van der Waals surface area contributed by atoms with Crippen molar-refractivity contribution in [3.63, 3.8) is 0 Å². The Morgan fingerprint density at radius 2 is 1.77 bits per heavy atom. The van der Waals surface area contributed by atoms with Gasteiger partial charge in [0.05, 0.1) is 11.9 Å². The molecule has 0 aliphatic carbocycles. The summed E-state index contributed by atoms with van der Waals surface area (Å²) in [6.45, 7) is 2.78. The highest BCUT2D eigenvalue weighted by atomic mass is 16.3. The van der Waals surface area contributed by atoms with Crippen LogP contribution in [0.15, 0.2) is 47.1 Å². The highest BCUT2D eigenvalue weighted by Gasteiger charge is 2.25. The van der Waals surface area contributed by atoms with Crippen molar-refractivity contribution < 1.29 is 23.9 Å². The zero-order chi connectivity index (χ0) is 19.2. The van der Waals surface area contributed by atoms with Gasteiger partial charge in [0, 0.05) is 31.3 Å². The van der Waals surface area contributed by atoms with Gasteiger partial charge in [0.15, 0.2) is 0 Å². The van der Waals surface area contributed by atoms with Gasteiger partial charge in [0.2, 0.25) is 5.91 Å². The molecular formula is C18H21N3O5. The molecule has 0 spiro atoms. The predicted molar refractivity (Wildman–Crippen MR) is 95.4 cm³/mol. The van der Waals surface area contributed by atoms with E-state index in [1.165, 1.54) is 26.2 Å². The van der Waals surface area contributed by atoms with Crippen LogP contribution in [-0.4, -0.2) is 35.0 Å². The second-order valence-corrected chi connectivity index (χ2v) is 6.15. The number of rotatable bonds is 6. The van der Waals surface area contributed by atoms with Crippen LogP contribution >= 0.6 is 0 Å². The Morgan fingerprint density at radius 3 is 2.38 bits per heavy atom. The van der Waals surface area contributed by atoms with Gasteiger partial charge in [-0.25, -0.2) is 0 Å². The van der Waals surface area contributed by atoms with Gasteiger partial charge >= 0.3 is 11.8 Å². The highest BCUT2D eigenvalue weighted by Crippen LogP contribution is 2.15. The van der Waals surface area contributed by atoms with Crippen molar-refractivity contribution in [1.29, 1.82) is 0 Å². The number of carbonyl (C=O) groups excluding carboxylic acids is 3. The van der Waals surface area contributed by atoms with Crippen LogP contribution in [0.5, 0.6) is 0 Å². The predicted octanol–water partition coefficient (Wildman–Crippen LogP) is 1.29. The minimum atomic E-state index is -1.26. The summed E-state index contributed by atoms with van der Waals surface area (Å²) >= 11 is 0. The van der Waals surface area contributed by atoms with Gasteiger partial charge in [-0.3, -0.25) is 14.4 Å². The van der Waals surface area contributed by atoms with Crippen molar-refractivity contribution in [2.45, 2.75) is 25.9 Å². The molecule has 4 N–H and O–H groups in total. The molecule has 1 aromatic heterocycles. The first-order chi connectivity index (χ1) is 12.2. The second kappa shape index (κ2) is 8.30. The molecule has 0 aliphatic heterocycles. The standard InChI is InChI=1S/C18H21N3O5/c1-12(22)20-13-5-3-6-14(9-13)21-17(24)16(23)19-11-18(2,25)10-15-7-4-8-26-15/h3-9,25H,10-11H2,1-2H3,(H,19,23)(H,20,22)(H,21,24). The van der Waals surface area contributed by atoms with Gasteiger partial charge in [0.25, 0.3) is 0 Å². The maximum absolute atomic E-state index is 12.0. The van der Waals surface area contributed by atoms with Crippen LogP contribution in [0.1, 0.15) is 19.6 Å². The number of amides is 3. The number of hydrogen-bond acceptors (Lipinski definition) is 5. The van der Waals surface area contributed by atoms with Crippen LogP contribution in [0, 0.1) is 0 Å². The fraction of sp³-hybridized carbons (Fsp3) is 0.278. The summed E-state index contributed by atoms with van der Waals surface area (Å²) in [4.78, 5) is 35.0. The number of nitrogens with one attached hydrogen (secondary N) is 3. The quantitative estimate of drug-likeness (QED) is 0.579. The van der Waals surface area contributed by atoms with Crippen LogP contribution in [0.2, 0.25) is 0 Å². The van der Waals surface area contributed by atoms with Gasteiger partial charge in [-0.2, -0.15) is 0 Å². The number of aliphatic hydroxyl groups is 1. The van der Waals surface area contributed by atoms with E-state index in [0.29, 0.717) is 17.1 Å². The molecule has 2 rings (SSSR count). The zero-order valence-corrected chi connectivity index (χ0v) is 14.5. The molecule has 2 aromatic rings. The topological polar surface area (TPSA) is 121 Å². The van der Waals surface area contributed by atoms with Crippen LogP contribution in [0.25, 0.3) is 0 Å². The van der Waals surface area contributed by atoms with Gasteiger partial charge < -0.3 is 25.5 Å². The summed E-state index contributed by atoms with van der Waals surface area (Å²) in [6, 6.07) is 9.82. The van der Waals surface area contributed by atoms with Crippen LogP contribution in [-0.2, 0) is 20.8 Å².